The Morgan fingerprint density at radius 3 is 1.55 bits per heavy atom. The third-order valence-electron chi connectivity index (χ3n) is 3.91. The molecular weight excluding hydrogens is 303 g/mol. The van der Waals surface area contributed by atoms with Gasteiger partial charge in [-0.05, 0) is 41.8 Å². The molecule has 0 spiro atoms. The van der Waals surface area contributed by atoms with E-state index in [-0.39, 0.29) is 24.1 Å². The fourth-order valence-electron chi connectivity index (χ4n) is 2.48. The molecule has 118 valence electrons. The number of rotatable bonds is 5. The summed E-state index contributed by atoms with van der Waals surface area (Å²) < 4.78 is 11.3. The van der Waals surface area contributed by atoms with Crippen LogP contribution in [0.1, 0.15) is 24.5 Å². The Balaban J connectivity index is 2.45. The molecule has 6 heteroatoms. The largest absolute Gasteiger partial charge is 0.508 e. The Morgan fingerprint density at radius 2 is 1.23 bits per heavy atom. The van der Waals surface area contributed by atoms with Crippen molar-refractivity contribution in [2.45, 2.75) is 18.8 Å². The molecule has 0 aliphatic heterocycles. The lowest BCUT2D eigenvalue weighted by atomic mass is 9.74. The van der Waals surface area contributed by atoms with Gasteiger partial charge in [0, 0.05) is 5.41 Å². The van der Waals surface area contributed by atoms with Crippen molar-refractivity contribution >= 4 is 7.60 Å². The molecule has 0 aliphatic rings. The minimum absolute atomic E-state index is 0.131. The molecule has 0 radical (unpaired) electrons. The zero-order chi connectivity index (χ0) is 16.4. The lowest BCUT2D eigenvalue weighted by Gasteiger charge is -2.31. The Kier molecular flexibility index (Phi) is 4.61. The molecular formula is C16H19O5P. The van der Waals surface area contributed by atoms with Crippen LogP contribution in [0.3, 0.4) is 0 Å². The van der Waals surface area contributed by atoms with Crippen LogP contribution in [0.2, 0.25) is 0 Å². The van der Waals surface area contributed by atoms with Gasteiger partial charge in [-0.15, -0.1) is 0 Å². The first kappa shape index (κ1) is 16.6. The van der Waals surface area contributed by atoms with Crippen molar-refractivity contribution < 1.29 is 24.6 Å². The van der Waals surface area contributed by atoms with Crippen LogP contribution in [0.4, 0.5) is 0 Å². The second kappa shape index (κ2) is 6.13. The van der Waals surface area contributed by atoms with E-state index in [1.54, 1.807) is 48.5 Å². The first-order chi connectivity index (χ1) is 10.2. The molecule has 0 fully saturated rings. The van der Waals surface area contributed by atoms with Crippen LogP contribution in [0, 0.1) is 0 Å². The highest BCUT2D eigenvalue weighted by Crippen LogP contribution is 2.43. The summed E-state index contributed by atoms with van der Waals surface area (Å²) in [5.41, 5.74) is 1.04. The smallest absolute Gasteiger partial charge is 0.325 e. The van der Waals surface area contributed by atoms with Gasteiger partial charge < -0.3 is 20.0 Å². The molecule has 22 heavy (non-hydrogen) atoms. The maximum absolute atomic E-state index is 11.3. The molecule has 5 nitrogen and oxygen atoms in total. The maximum Gasteiger partial charge on any atom is 0.325 e. The van der Waals surface area contributed by atoms with Gasteiger partial charge in [-0.25, -0.2) is 0 Å². The molecule has 0 aromatic heterocycles. The van der Waals surface area contributed by atoms with Crippen LogP contribution in [0.25, 0.3) is 0 Å². The summed E-state index contributed by atoms with van der Waals surface area (Å²) in [4.78, 5) is 18.4. The Morgan fingerprint density at radius 1 is 0.864 bits per heavy atom. The average molecular weight is 322 g/mol. The van der Waals surface area contributed by atoms with Crippen LogP contribution in [-0.2, 0) is 9.98 Å². The molecule has 0 heterocycles. The molecule has 4 N–H and O–H groups in total. The predicted octanol–water partition coefficient (Wildman–Crippen LogP) is 2.97. The molecule has 2 aromatic rings. The average Bonchev–Trinajstić information content (AvgIpc) is 2.45. The summed E-state index contributed by atoms with van der Waals surface area (Å²) in [7, 11) is -4.12. The van der Waals surface area contributed by atoms with Crippen molar-refractivity contribution in [1.29, 1.82) is 0 Å². The summed E-state index contributed by atoms with van der Waals surface area (Å²) >= 11 is 0. The van der Waals surface area contributed by atoms with Gasteiger partial charge >= 0.3 is 7.60 Å². The minimum Gasteiger partial charge on any atom is -0.508 e. The maximum atomic E-state index is 11.3. The number of aromatic hydroxyl groups is 2. The molecule has 0 amide bonds. The monoisotopic (exact) mass is 322 g/mol. The lowest BCUT2D eigenvalue weighted by Crippen LogP contribution is -2.25. The van der Waals surface area contributed by atoms with E-state index >= 15 is 0 Å². The first-order valence-corrected chi connectivity index (χ1v) is 8.64. The topological polar surface area (TPSA) is 98.0 Å². The van der Waals surface area contributed by atoms with Crippen molar-refractivity contribution in [3.05, 3.63) is 59.7 Å². The number of hydrogen-bond acceptors (Lipinski definition) is 3. The standard InChI is InChI=1S/C16H19O5P/c1-16(10-11-22(19,20)21,12-2-6-14(17)7-3-12)13-4-8-15(18)9-5-13/h2-9,17-18H,10-11H2,1H3,(H2,19,20,21). The predicted molar refractivity (Wildman–Crippen MR) is 84.2 cm³/mol. The molecule has 0 bridgehead atoms. The van der Waals surface area contributed by atoms with Gasteiger partial charge in [-0.3, -0.25) is 4.57 Å². The number of hydrogen-bond donors (Lipinski definition) is 4. The van der Waals surface area contributed by atoms with Crippen LogP contribution >= 0.6 is 7.60 Å². The third kappa shape index (κ3) is 3.89. The van der Waals surface area contributed by atoms with Crippen molar-refractivity contribution in [3.63, 3.8) is 0 Å². The zero-order valence-electron chi connectivity index (χ0n) is 12.2. The molecule has 0 unspecified atom stereocenters. The quantitative estimate of drug-likeness (QED) is 0.634. The van der Waals surface area contributed by atoms with Gasteiger partial charge in [0.1, 0.15) is 11.5 Å². The fourth-order valence-corrected chi connectivity index (χ4v) is 3.22. The van der Waals surface area contributed by atoms with Gasteiger partial charge in [0.2, 0.25) is 0 Å². The highest BCUT2D eigenvalue weighted by molar-refractivity contribution is 7.51. The van der Waals surface area contributed by atoms with Gasteiger partial charge in [-0.2, -0.15) is 0 Å². The third-order valence-corrected chi connectivity index (χ3v) is 4.72. The molecule has 0 atom stereocenters. The second-order valence-electron chi connectivity index (χ2n) is 5.56. The van der Waals surface area contributed by atoms with Gasteiger partial charge in [0.15, 0.2) is 0 Å². The van der Waals surface area contributed by atoms with Gasteiger partial charge in [0.25, 0.3) is 0 Å². The second-order valence-corrected chi connectivity index (χ2v) is 7.34. The highest BCUT2D eigenvalue weighted by Gasteiger charge is 2.31. The summed E-state index contributed by atoms with van der Waals surface area (Å²) in [5.74, 6) is 0.263. The van der Waals surface area contributed by atoms with E-state index in [4.69, 9.17) is 0 Å². The van der Waals surface area contributed by atoms with E-state index in [1.807, 2.05) is 6.92 Å². The van der Waals surface area contributed by atoms with Crippen LogP contribution in [0.5, 0.6) is 11.5 Å². The summed E-state index contributed by atoms with van der Waals surface area (Å²) in [6, 6.07) is 13.1. The summed E-state index contributed by atoms with van der Waals surface area (Å²) in [6.07, 6.45) is -0.00190. The number of phenols is 2. The summed E-state index contributed by atoms with van der Waals surface area (Å²) in [5, 5.41) is 18.9. The minimum atomic E-state index is -4.12. The fraction of sp³-hybridized carbons (Fsp3) is 0.250. The Hall–Kier alpha value is -1.81. The van der Waals surface area contributed by atoms with E-state index in [2.05, 4.69) is 0 Å². The van der Waals surface area contributed by atoms with Crippen LogP contribution < -0.4 is 0 Å². The zero-order valence-corrected chi connectivity index (χ0v) is 13.1. The normalized spacial score (nSPS) is 12.3. The first-order valence-electron chi connectivity index (χ1n) is 6.84. The molecule has 2 rings (SSSR count). The summed E-state index contributed by atoms with van der Waals surface area (Å²) in [6.45, 7) is 1.89. The van der Waals surface area contributed by atoms with E-state index in [0.29, 0.717) is 0 Å². The van der Waals surface area contributed by atoms with Crippen molar-refractivity contribution in [1.82, 2.24) is 0 Å². The number of phenolic OH excluding ortho intramolecular Hbond substituents is 2. The van der Waals surface area contributed by atoms with Crippen LogP contribution in [-0.4, -0.2) is 26.2 Å². The van der Waals surface area contributed by atoms with Gasteiger partial charge in [0.05, 0.1) is 6.16 Å². The van der Waals surface area contributed by atoms with Crippen LogP contribution in [0.15, 0.2) is 48.5 Å². The Bertz CT molecular complexity index is 627. The highest BCUT2D eigenvalue weighted by atomic mass is 31.2. The van der Waals surface area contributed by atoms with Crippen molar-refractivity contribution in [2.24, 2.45) is 0 Å². The molecule has 0 saturated carbocycles. The van der Waals surface area contributed by atoms with Crippen molar-refractivity contribution in [2.75, 3.05) is 6.16 Å². The SMILES string of the molecule is CC(CCP(=O)(O)O)(c1ccc(O)cc1)c1ccc(O)cc1. The molecule has 2 aromatic carbocycles. The van der Waals surface area contributed by atoms with E-state index < -0.39 is 13.0 Å². The van der Waals surface area contributed by atoms with Crippen molar-refractivity contribution in [3.8, 4) is 11.5 Å². The Labute approximate surface area is 129 Å². The lowest BCUT2D eigenvalue weighted by molar-refractivity contribution is 0.365. The van der Waals surface area contributed by atoms with E-state index in [9.17, 15) is 24.6 Å². The molecule has 0 aliphatic carbocycles. The van der Waals surface area contributed by atoms with Gasteiger partial charge in [-0.1, -0.05) is 31.2 Å². The van der Waals surface area contributed by atoms with E-state index in [1.165, 1.54) is 0 Å². The molecule has 0 saturated heterocycles. The number of benzene rings is 2. The van der Waals surface area contributed by atoms with E-state index in [0.717, 1.165) is 11.1 Å².